The summed E-state index contributed by atoms with van der Waals surface area (Å²) in [6.45, 7) is 4.30. The van der Waals surface area contributed by atoms with E-state index < -0.39 is 0 Å². The predicted molar refractivity (Wildman–Crippen MR) is 75.3 cm³/mol. The molecule has 6 heteroatoms. The second-order valence-corrected chi connectivity index (χ2v) is 5.18. The molecular formula is C13H18N4OS. The lowest BCUT2D eigenvalue weighted by Gasteiger charge is -2.04. The topological polar surface area (TPSA) is 59.9 Å². The first-order valence-corrected chi connectivity index (χ1v) is 7.06. The lowest BCUT2D eigenvalue weighted by atomic mass is 10.3. The maximum absolute atomic E-state index is 4.97. The van der Waals surface area contributed by atoms with Crippen LogP contribution in [-0.4, -0.2) is 35.2 Å². The second kappa shape index (κ2) is 7.28. The molecular weight excluding hydrogens is 260 g/mol. The largest absolute Gasteiger partial charge is 0.383 e. The summed E-state index contributed by atoms with van der Waals surface area (Å²) in [7, 11) is 1.69. The molecule has 2 aromatic rings. The second-order valence-electron chi connectivity index (χ2n) is 4.24. The average molecular weight is 278 g/mol. The average Bonchev–Trinajstić information content (AvgIpc) is 2.82. The molecule has 0 unspecified atom stereocenters. The Kier molecular flexibility index (Phi) is 5.38. The van der Waals surface area contributed by atoms with Crippen LogP contribution in [0.1, 0.15) is 22.1 Å². The molecule has 0 aliphatic heterocycles. The number of aryl methyl sites for hydroxylation is 1. The fourth-order valence-corrected chi connectivity index (χ4v) is 2.36. The van der Waals surface area contributed by atoms with Gasteiger partial charge in [0.1, 0.15) is 10.8 Å². The van der Waals surface area contributed by atoms with Gasteiger partial charge in [-0.15, -0.1) is 11.3 Å². The van der Waals surface area contributed by atoms with E-state index in [4.69, 9.17) is 4.74 Å². The third-order valence-electron chi connectivity index (χ3n) is 2.55. The summed E-state index contributed by atoms with van der Waals surface area (Å²) < 4.78 is 4.97. The molecule has 2 rings (SSSR count). The highest BCUT2D eigenvalue weighted by Crippen LogP contribution is 2.11. The first-order valence-electron chi connectivity index (χ1n) is 6.18. The van der Waals surface area contributed by atoms with E-state index >= 15 is 0 Å². The number of hydrogen-bond donors (Lipinski definition) is 1. The van der Waals surface area contributed by atoms with Crippen LogP contribution < -0.4 is 5.32 Å². The Morgan fingerprint density at radius 2 is 2.11 bits per heavy atom. The third kappa shape index (κ3) is 4.66. The van der Waals surface area contributed by atoms with Gasteiger partial charge >= 0.3 is 0 Å². The summed E-state index contributed by atoms with van der Waals surface area (Å²) in [5, 5.41) is 6.36. The molecule has 0 fully saturated rings. The molecule has 2 aromatic heterocycles. The minimum atomic E-state index is 0.704. The molecule has 0 aromatic carbocycles. The molecule has 1 N–H and O–H groups in total. The van der Waals surface area contributed by atoms with Gasteiger partial charge < -0.3 is 10.1 Å². The van der Waals surface area contributed by atoms with Gasteiger partial charge in [0.05, 0.1) is 13.0 Å². The first kappa shape index (κ1) is 14.0. The van der Waals surface area contributed by atoms with Crippen molar-refractivity contribution in [2.75, 3.05) is 20.3 Å². The number of nitrogens with zero attached hydrogens (tertiary/aromatic N) is 3. The maximum Gasteiger partial charge on any atom is 0.135 e. The molecule has 0 bridgehead atoms. The molecule has 0 spiro atoms. The molecule has 0 aliphatic carbocycles. The van der Waals surface area contributed by atoms with Gasteiger partial charge in [0.15, 0.2) is 0 Å². The van der Waals surface area contributed by atoms with Crippen molar-refractivity contribution in [1.29, 1.82) is 0 Å². The highest BCUT2D eigenvalue weighted by atomic mass is 32.1. The molecule has 102 valence electrons. The van der Waals surface area contributed by atoms with Gasteiger partial charge in [0, 0.05) is 49.2 Å². The number of hydrogen-bond acceptors (Lipinski definition) is 6. The number of nitrogens with one attached hydrogen (secondary N) is 1. The van der Waals surface area contributed by atoms with Crippen molar-refractivity contribution in [1.82, 2.24) is 20.3 Å². The molecule has 0 radical (unpaired) electrons. The SMILES string of the molecule is COCCNCc1cnc(Cc2nc(C)cs2)nc1. The van der Waals surface area contributed by atoms with Crippen LogP contribution in [0.5, 0.6) is 0 Å². The minimum absolute atomic E-state index is 0.704. The Morgan fingerprint density at radius 1 is 1.32 bits per heavy atom. The molecule has 0 atom stereocenters. The third-order valence-corrected chi connectivity index (χ3v) is 3.51. The fourth-order valence-electron chi connectivity index (χ4n) is 1.59. The van der Waals surface area contributed by atoms with Crippen LogP contribution in [0.4, 0.5) is 0 Å². The molecule has 2 heterocycles. The Labute approximate surface area is 117 Å². The van der Waals surface area contributed by atoms with Gasteiger partial charge in [-0.2, -0.15) is 0 Å². The number of thiazole rings is 1. The van der Waals surface area contributed by atoms with Gasteiger partial charge in [-0.3, -0.25) is 0 Å². The van der Waals surface area contributed by atoms with Crippen molar-refractivity contribution < 1.29 is 4.74 Å². The maximum atomic E-state index is 4.97. The van der Waals surface area contributed by atoms with Crippen molar-refractivity contribution in [3.8, 4) is 0 Å². The van der Waals surface area contributed by atoms with Crippen LogP contribution in [0.2, 0.25) is 0 Å². The van der Waals surface area contributed by atoms with E-state index in [0.717, 1.165) is 35.2 Å². The smallest absolute Gasteiger partial charge is 0.135 e. The molecule has 5 nitrogen and oxygen atoms in total. The van der Waals surface area contributed by atoms with Crippen molar-refractivity contribution in [3.05, 3.63) is 39.9 Å². The highest BCUT2D eigenvalue weighted by Gasteiger charge is 2.03. The Morgan fingerprint density at radius 3 is 2.74 bits per heavy atom. The van der Waals surface area contributed by atoms with E-state index in [1.165, 1.54) is 0 Å². The zero-order valence-corrected chi connectivity index (χ0v) is 12.0. The molecule has 0 saturated heterocycles. The van der Waals surface area contributed by atoms with Gasteiger partial charge in [-0.05, 0) is 6.92 Å². The molecule has 19 heavy (non-hydrogen) atoms. The van der Waals surface area contributed by atoms with Gasteiger partial charge in [0.25, 0.3) is 0 Å². The number of aromatic nitrogens is 3. The quantitative estimate of drug-likeness (QED) is 0.779. The summed E-state index contributed by atoms with van der Waals surface area (Å²) in [6.07, 6.45) is 4.43. The normalized spacial score (nSPS) is 10.8. The lowest BCUT2D eigenvalue weighted by Crippen LogP contribution is -2.18. The van der Waals surface area contributed by atoms with Gasteiger partial charge in [-0.25, -0.2) is 15.0 Å². The molecule has 0 amide bonds. The van der Waals surface area contributed by atoms with Crippen molar-refractivity contribution >= 4 is 11.3 Å². The summed E-state index contributed by atoms with van der Waals surface area (Å²) in [6, 6.07) is 0. The van der Waals surface area contributed by atoms with Crippen molar-refractivity contribution in [3.63, 3.8) is 0 Å². The van der Waals surface area contributed by atoms with Crippen molar-refractivity contribution in [2.24, 2.45) is 0 Å². The van der Waals surface area contributed by atoms with Crippen LogP contribution in [0, 0.1) is 6.92 Å². The fraction of sp³-hybridized carbons (Fsp3) is 0.462. The Balaban J connectivity index is 1.84. The summed E-state index contributed by atoms with van der Waals surface area (Å²) in [5.41, 5.74) is 2.13. The molecule has 0 saturated carbocycles. The van der Waals surface area contributed by atoms with E-state index in [0.29, 0.717) is 13.0 Å². The standard InChI is InChI=1S/C13H18N4OS/c1-10-9-19-13(17-10)5-12-15-7-11(8-16-12)6-14-3-4-18-2/h7-9,14H,3-6H2,1-2H3. The highest BCUT2D eigenvalue weighted by molar-refractivity contribution is 7.09. The summed E-state index contributed by atoms with van der Waals surface area (Å²) in [5.74, 6) is 0.815. The van der Waals surface area contributed by atoms with Crippen LogP contribution in [-0.2, 0) is 17.7 Å². The van der Waals surface area contributed by atoms with Crippen LogP contribution >= 0.6 is 11.3 Å². The van der Waals surface area contributed by atoms with Crippen LogP contribution in [0.3, 0.4) is 0 Å². The number of ether oxygens (including phenoxy) is 1. The number of rotatable bonds is 7. The zero-order valence-electron chi connectivity index (χ0n) is 11.2. The van der Waals surface area contributed by atoms with Crippen LogP contribution in [0.15, 0.2) is 17.8 Å². The summed E-state index contributed by atoms with van der Waals surface area (Å²) >= 11 is 1.65. The first-order chi connectivity index (χ1) is 9.28. The van der Waals surface area contributed by atoms with E-state index in [1.807, 2.05) is 24.7 Å². The Bertz CT molecular complexity index is 498. The van der Waals surface area contributed by atoms with E-state index in [2.05, 4.69) is 20.3 Å². The van der Waals surface area contributed by atoms with Crippen molar-refractivity contribution in [2.45, 2.75) is 19.9 Å². The monoisotopic (exact) mass is 278 g/mol. The predicted octanol–water partition coefficient (Wildman–Crippen LogP) is 1.57. The minimum Gasteiger partial charge on any atom is -0.383 e. The molecule has 0 aliphatic rings. The van der Waals surface area contributed by atoms with Gasteiger partial charge in [0.2, 0.25) is 0 Å². The van der Waals surface area contributed by atoms with Crippen LogP contribution in [0.25, 0.3) is 0 Å². The lowest BCUT2D eigenvalue weighted by molar-refractivity contribution is 0.199. The van der Waals surface area contributed by atoms with E-state index in [-0.39, 0.29) is 0 Å². The number of methoxy groups -OCH3 is 1. The van der Waals surface area contributed by atoms with E-state index in [9.17, 15) is 0 Å². The summed E-state index contributed by atoms with van der Waals surface area (Å²) in [4.78, 5) is 13.1. The Hall–Kier alpha value is -1.37. The van der Waals surface area contributed by atoms with E-state index in [1.54, 1.807) is 18.4 Å². The van der Waals surface area contributed by atoms with Gasteiger partial charge in [-0.1, -0.05) is 0 Å². The zero-order chi connectivity index (χ0) is 13.5.